The zero-order valence-electron chi connectivity index (χ0n) is 19.7. The number of hydrogen-bond donors (Lipinski definition) is 1. The third kappa shape index (κ3) is 5.51. The van der Waals surface area contributed by atoms with E-state index < -0.39 is 0 Å². The predicted molar refractivity (Wildman–Crippen MR) is 141 cm³/mol. The predicted octanol–water partition coefficient (Wildman–Crippen LogP) is 3.14. The van der Waals surface area contributed by atoms with Crippen molar-refractivity contribution in [2.45, 2.75) is 33.1 Å². The number of aromatic nitrogens is 2. The molecule has 0 bridgehead atoms. The van der Waals surface area contributed by atoms with E-state index in [0.29, 0.717) is 39.3 Å². The second-order valence-electron chi connectivity index (χ2n) is 8.49. The highest BCUT2D eigenvalue weighted by Crippen LogP contribution is 2.33. The highest BCUT2D eigenvalue weighted by atomic mass is 32.2. The number of carbonyl (C=O) groups is 1. The molecule has 0 aliphatic carbocycles. The summed E-state index contributed by atoms with van der Waals surface area (Å²) in [6, 6.07) is 3.76. The van der Waals surface area contributed by atoms with Crippen molar-refractivity contribution in [2.75, 3.05) is 51.3 Å². The maximum Gasteiger partial charge on any atom is 0.267 e. The van der Waals surface area contributed by atoms with Gasteiger partial charge in [0.05, 0.1) is 23.7 Å². The number of aryl methyl sites for hydroxylation is 1. The van der Waals surface area contributed by atoms with Crippen LogP contribution in [0.25, 0.3) is 11.7 Å². The number of morpholine rings is 1. The van der Waals surface area contributed by atoms with Gasteiger partial charge in [0.2, 0.25) is 0 Å². The number of carbonyl (C=O) groups excluding carboxylic acids is 1. The van der Waals surface area contributed by atoms with E-state index in [4.69, 9.17) is 21.9 Å². The molecule has 34 heavy (non-hydrogen) atoms. The molecule has 2 fully saturated rings. The molecule has 8 nitrogen and oxygen atoms in total. The van der Waals surface area contributed by atoms with Crippen molar-refractivity contribution in [3.8, 4) is 0 Å². The molecular formula is C24H31N5O3S2. The Morgan fingerprint density at radius 3 is 2.79 bits per heavy atom. The van der Waals surface area contributed by atoms with Gasteiger partial charge in [-0.15, -0.1) is 0 Å². The molecule has 0 aromatic carbocycles. The molecule has 4 rings (SSSR count). The molecule has 2 aliphatic heterocycles. The second kappa shape index (κ2) is 11.4. The van der Waals surface area contributed by atoms with Crippen molar-refractivity contribution < 1.29 is 9.53 Å². The number of unbranched alkanes of at least 4 members (excludes halogenated alkanes) is 1. The lowest BCUT2D eigenvalue weighted by atomic mass is 10.2. The number of amides is 1. The van der Waals surface area contributed by atoms with Gasteiger partial charge in [-0.3, -0.25) is 23.8 Å². The largest absolute Gasteiger partial charge is 0.379 e. The smallest absolute Gasteiger partial charge is 0.267 e. The molecule has 4 heterocycles. The fourth-order valence-electron chi connectivity index (χ4n) is 4.05. The number of pyridine rings is 1. The van der Waals surface area contributed by atoms with Crippen molar-refractivity contribution >= 4 is 51.7 Å². The summed E-state index contributed by atoms with van der Waals surface area (Å²) >= 11 is 6.68. The summed E-state index contributed by atoms with van der Waals surface area (Å²) in [5.74, 6) is 0.357. The summed E-state index contributed by atoms with van der Waals surface area (Å²) < 4.78 is 7.49. The van der Waals surface area contributed by atoms with Gasteiger partial charge in [-0.2, -0.15) is 0 Å². The Labute approximate surface area is 209 Å². The van der Waals surface area contributed by atoms with E-state index in [1.165, 1.54) is 16.2 Å². The van der Waals surface area contributed by atoms with Crippen molar-refractivity contribution in [1.29, 1.82) is 0 Å². The SMILES string of the molecule is CCCCN1C(=O)C(=Cc2c(NCCCN3CCOCC3)nc3c(C)cccn3c2=O)SC1=S. The number of nitrogens with zero attached hydrogens (tertiary/aromatic N) is 4. The van der Waals surface area contributed by atoms with Crippen molar-refractivity contribution in [2.24, 2.45) is 0 Å². The zero-order chi connectivity index (χ0) is 24.1. The number of thioether (sulfide) groups is 1. The standard InChI is InChI=1S/C24H31N5O3S2/c1-3-4-10-29-23(31)19(34-24(29)33)16-18-20(25-8-6-9-27-12-14-32-15-13-27)26-21-17(2)7-5-11-28(21)22(18)30/h5,7,11,16,25H,3-4,6,8-10,12-15H2,1-2H3. The Bertz CT molecular complexity index is 1160. The monoisotopic (exact) mass is 501 g/mol. The number of ether oxygens (including phenoxy) is 1. The van der Waals surface area contributed by atoms with Crippen LogP contribution in [0.15, 0.2) is 28.0 Å². The van der Waals surface area contributed by atoms with E-state index in [0.717, 1.165) is 57.7 Å². The maximum atomic E-state index is 13.5. The Balaban J connectivity index is 1.61. The average Bonchev–Trinajstić information content (AvgIpc) is 3.11. The molecule has 0 spiro atoms. The highest BCUT2D eigenvalue weighted by Gasteiger charge is 2.32. The number of nitrogens with one attached hydrogen (secondary N) is 1. The molecule has 1 N–H and O–H groups in total. The van der Waals surface area contributed by atoms with E-state index in [9.17, 15) is 9.59 Å². The van der Waals surface area contributed by atoms with Crippen LogP contribution in [0, 0.1) is 6.92 Å². The van der Waals surface area contributed by atoms with Gasteiger partial charge in [-0.25, -0.2) is 4.98 Å². The average molecular weight is 502 g/mol. The quantitative estimate of drug-likeness (QED) is 0.319. The summed E-state index contributed by atoms with van der Waals surface area (Å²) in [6.45, 7) is 9.67. The maximum absolute atomic E-state index is 13.5. The Morgan fingerprint density at radius 1 is 1.24 bits per heavy atom. The summed E-state index contributed by atoms with van der Waals surface area (Å²) in [5.41, 5.74) is 1.69. The molecule has 2 aliphatic rings. The van der Waals surface area contributed by atoms with Crippen LogP contribution in [0.5, 0.6) is 0 Å². The van der Waals surface area contributed by atoms with Crippen LogP contribution < -0.4 is 10.9 Å². The van der Waals surface area contributed by atoms with Crippen LogP contribution in [0.1, 0.15) is 37.3 Å². The molecule has 0 saturated carbocycles. The van der Waals surface area contributed by atoms with E-state index in [-0.39, 0.29) is 11.5 Å². The lowest BCUT2D eigenvalue weighted by molar-refractivity contribution is -0.122. The summed E-state index contributed by atoms with van der Waals surface area (Å²) in [4.78, 5) is 35.7. The number of rotatable bonds is 9. The highest BCUT2D eigenvalue weighted by molar-refractivity contribution is 8.26. The Morgan fingerprint density at radius 2 is 2.03 bits per heavy atom. The van der Waals surface area contributed by atoms with Crippen LogP contribution in [-0.2, 0) is 9.53 Å². The molecule has 2 aromatic rings. The molecule has 1 amide bonds. The first-order valence-corrected chi connectivity index (χ1v) is 13.0. The van der Waals surface area contributed by atoms with Gasteiger partial charge in [0, 0.05) is 32.4 Å². The first-order chi connectivity index (χ1) is 16.5. The number of hydrogen-bond acceptors (Lipinski definition) is 8. The van der Waals surface area contributed by atoms with E-state index >= 15 is 0 Å². The van der Waals surface area contributed by atoms with Gasteiger partial charge in [0.1, 0.15) is 15.8 Å². The molecule has 0 unspecified atom stereocenters. The van der Waals surface area contributed by atoms with E-state index in [2.05, 4.69) is 17.1 Å². The minimum atomic E-state index is -0.205. The zero-order valence-corrected chi connectivity index (χ0v) is 21.3. The fourth-order valence-corrected chi connectivity index (χ4v) is 5.34. The van der Waals surface area contributed by atoms with Crippen molar-refractivity contribution in [1.82, 2.24) is 19.2 Å². The molecule has 0 radical (unpaired) electrons. The van der Waals surface area contributed by atoms with Crippen LogP contribution in [-0.4, -0.2) is 75.3 Å². The van der Waals surface area contributed by atoms with E-state index in [1.807, 2.05) is 19.1 Å². The minimum Gasteiger partial charge on any atom is -0.379 e. The molecule has 182 valence electrons. The van der Waals surface area contributed by atoms with Gasteiger partial charge in [-0.05, 0) is 44.0 Å². The van der Waals surface area contributed by atoms with E-state index in [1.54, 1.807) is 17.2 Å². The summed E-state index contributed by atoms with van der Waals surface area (Å²) in [5, 5.41) is 3.36. The summed E-state index contributed by atoms with van der Waals surface area (Å²) in [7, 11) is 0. The minimum absolute atomic E-state index is 0.143. The Hall–Kier alpha value is -2.27. The van der Waals surface area contributed by atoms with Crippen molar-refractivity contribution in [3.63, 3.8) is 0 Å². The number of anilines is 1. The van der Waals surface area contributed by atoms with Gasteiger partial charge in [-0.1, -0.05) is 43.4 Å². The molecule has 2 saturated heterocycles. The normalized spacial score (nSPS) is 18.4. The van der Waals surface area contributed by atoms with Gasteiger partial charge in [0.25, 0.3) is 11.5 Å². The third-order valence-electron chi connectivity index (χ3n) is 6.02. The molecule has 0 atom stereocenters. The third-order valence-corrected chi connectivity index (χ3v) is 7.39. The lowest BCUT2D eigenvalue weighted by Gasteiger charge is -2.26. The van der Waals surface area contributed by atoms with Crippen molar-refractivity contribution in [3.05, 3.63) is 44.7 Å². The first kappa shape index (κ1) is 24.8. The van der Waals surface area contributed by atoms with Crippen LogP contribution >= 0.6 is 24.0 Å². The van der Waals surface area contributed by atoms with Crippen LogP contribution in [0.3, 0.4) is 0 Å². The first-order valence-electron chi connectivity index (χ1n) is 11.8. The van der Waals surface area contributed by atoms with Crippen LogP contribution in [0.4, 0.5) is 5.82 Å². The van der Waals surface area contributed by atoms with Gasteiger partial charge >= 0.3 is 0 Å². The molecule has 10 heteroatoms. The topological polar surface area (TPSA) is 79.2 Å². The fraction of sp³-hybridized carbons (Fsp3) is 0.500. The second-order valence-corrected chi connectivity index (χ2v) is 10.2. The number of thiocarbonyl (C=S) groups is 1. The lowest BCUT2D eigenvalue weighted by Crippen LogP contribution is -2.37. The number of fused-ring (bicyclic) bond motifs is 1. The molecule has 2 aromatic heterocycles. The molecular weight excluding hydrogens is 470 g/mol. The summed E-state index contributed by atoms with van der Waals surface area (Å²) in [6.07, 6.45) is 6.13. The Kier molecular flexibility index (Phi) is 8.36. The van der Waals surface area contributed by atoms with Gasteiger partial charge in [0.15, 0.2) is 0 Å². The van der Waals surface area contributed by atoms with Crippen LogP contribution in [0.2, 0.25) is 0 Å². The van der Waals surface area contributed by atoms with Gasteiger partial charge < -0.3 is 10.1 Å².